The number of hydrogen-bond acceptors (Lipinski definition) is 3. The fourth-order valence-electron chi connectivity index (χ4n) is 3.71. The normalized spacial score (nSPS) is 17.7. The van der Waals surface area contributed by atoms with Crippen LogP contribution in [0.15, 0.2) is 36.4 Å². The van der Waals surface area contributed by atoms with E-state index in [9.17, 15) is 4.79 Å². The molecular formula is C22H28ClN3O. The highest BCUT2D eigenvalue weighted by molar-refractivity contribution is 6.31. The summed E-state index contributed by atoms with van der Waals surface area (Å²) in [6, 6.07) is 12.4. The summed E-state index contributed by atoms with van der Waals surface area (Å²) in [6.45, 7) is 4.41. The number of pyridine rings is 1. The summed E-state index contributed by atoms with van der Waals surface area (Å²) < 4.78 is 0. The summed E-state index contributed by atoms with van der Waals surface area (Å²) in [5, 5.41) is 0.805. The topological polar surface area (TPSA) is 36.4 Å². The van der Waals surface area contributed by atoms with Crippen LogP contribution in [-0.2, 0) is 11.2 Å². The van der Waals surface area contributed by atoms with Crippen LogP contribution >= 0.6 is 11.6 Å². The standard InChI is InChI=1S/C22H28ClN3O/c1-16-11-17(12-18-7-4-5-9-20(18)23)13-21(24-16)19-8-6-10-26(14-19)15-22(27)25(2)3/h4-5,7,9,11,13,19H,6,8,10,12,14-15H2,1-3H3/t19-/m1/s1. The summed E-state index contributed by atoms with van der Waals surface area (Å²) >= 11 is 6.34. The molecule has 5 heteroatoms. The van der Waals surface area contributed by atoms with Crippen molar-refractivity contribution >= 4 is 17.5 Å². The van der Waals surface area contributed by atoms with Crippen LogP contribution in [-0.4, -0.2) is 54.4 Å². The Morgan fingerprint density at radius 1 is 1.30 bits per heavy atom. The summed E-state index contributed by atoms with van der Waals surface area (Å²) in [5.74, 6) is 0.533. The van der Waals surface area contributed by atoms with E-state index in [2.05, 4.69) is 30.0 Å². The van der Waals surface area contributed by atoms with Gasteiger partial charge in [0.2, 0.25) is 5.91 Å². The third-order valence-corrected chi connectivity index (χ3v) is 5.54. The number of carbonyl (C=O) groups excluding carboxylic acids is 1. The Labute approximate surface area is 167 Å². The number of likely N-dealkylation sites (N-methyl/N-ethyl adjacent to an activating group) is 1. The van der Waals surface area contributed by atoms with Gasteiger partial charge in [0.25, 0.3) is 0 Å². The van der Waals surface area contributed by atoms with E-state index in [0.29, 0.717) is 12.5 Å². The van der Waals surface area contributed by atoms with Crippen LogP contribution in [0.25, 0.3) is 0 Å². The van der Waals surface area contributed by atoms with Crippen LogP contribution in [0.2, 0.25) is 5.02 Å². The first-order valence-corrected chi connectivity index (χ1v) is 9.93. The Balaban J connectivity index is 1.75. The molecule has 1 saturated heterocycles. The molecule has 0 saturated carbocycles. The molecule has 0 aliphatic carbocycles. The van der Waals surface area contributed by atoms with E-state index in [4.69, 9.17) is 16.6 Å². The largest absolute Gasteiger partial charge is 0.348 e. The third-order valence-electron chi connectivity index (χ3n) is 5.17. The van der Waals surface area contributed by atoms with Crippen LogP contribution in [0.3, 0.4) is 0 Å². The molecule has 1 aromatic carbocycles. The zero-order chi connectivity index (χ0) is 19.4. The first-order chi connectivity index (χ1) is 12.9. The lowest BCUT2D eigenvalue weighted by Crippen LogP contribution is -2.41. The Bertz CT molecular complexity index is 806. The monoisotopic (exact) mass is 385 g/mol. The number of piperidine rings is 1. The molecule has 2 aromatic rings. The quantitative estimate of drug-likeness (QED) is 0.783. The summed E-state index contributed by atoms with van der Waals surface area (Å²) in [4.78, 5) is 20.8. The fourth-order valence-corrected chi connectivity index (χ4v) is 3.92. The molecule has 1 atom stereocenters. The van der Waals surface area contributed by atoms with Crippen LogP contribution in [0.5, 0.6) is 0 Å². The summed E-state index contributed by atoms with van der Waals surface area (Å²) in [5.41, 5.74) is 4.56. The molecule has 0 radical (unpaired) electrons. The molecule has 0 spiro atoms. The molecule has 0 bridgehead atoms. The highest BCUT2D eigenvalue weighted by Crippen LogP contribution is 2.28. The van der Waals surface area contributed by atoms with E-state index in [1.54, 1.807) is 4.90 Å². The van der Waals surface area contributed by atoms with Crippen molar-refractivity contribution in [1.82, 2.24) is 14.8 Å². The Morgan fingerprint density at radius 3 is 2.81 bits per heavy atom. The third kappa shape index (κ3) is 5.30. The van der Waals surface area contributed by atoms with Gasteiger partial charge in [0, 0.05) is 43.0 Å². The molecule has 27 heavy (non-hydrogen) atoms. The van der Waals surface area contributed by atoms with Crippen molar-refractivity contribution in [3.8, 4) is 0 Å². The average Bonchev–Trinajstić information content (AvgIpc) is 2.63. The van der Waals surface area contributed by atoms with Crippen molar-refractivity contribution in [2.45, 2.75) is 32.1 Å². The van der Waals surface area contributed by atoms with Gasteiger partial charge in [-0.2, -0.15) is 0 Å². The second kappa shape index (κ2) is 8.85. The molecular weight excluding hydrogens is 358 g/mol. The second-order valence-corrected chi connectivity index (χ2v) is 8.08. The van der Waals surface area contributed by atoms with Crippen LogP contribution in [0.4, 0.5) is 0 Å². The lowest BCUT2D eigenvalue weighted by atomic mass is 9.92. The lowest BCUT2D eigenvalue weighted by molar-refractivity contribution is -0.130. The van der Waals surface area contributed by atoms with Crippen molar-refractivity contribution in [2.24, 2.45) is 0 Å². The number of rotatable bonds is 5. The van der Waals surface area contributed by atoms with Crippen molar-refractivity contribution in [2.75, 3.05) is 33.7 Å². The number of amides is 1. The van der Waals surface area contributed by atoms with Gasteiger partial charge in [-0.25, -0.2) is 0 Å². The van der Waals surface area contributed by atoms with Crippen LogP contribution in [0.1, 0.15) is 41.3 Å². The van der Waals surface area contributed by atoms with Gasteiger partial charge in [-0.3, -0.25) is 14.7 Å². The van der Waals surface area contributed by atoms with E-state index >= 15 is 0 Å². The second-order valence-electron chi connectivity index (χ2n) is 7.67. The number of likely N-dealkylation sites (tertiary alicyclic amines) is 1. The van der Waals surface area contributed by atoms with Gasteiger partial charge in [0.1, 0.15) is 0 Å². The van der Waals surface area contributed by atoms with Crippen molar-refractivity contribution < 1.29 is 4.79 Å². The zero-order valence-electron chi connectivity index (χ0n) is 16.4. The number of aromatic nitrogens is 1. The minimum absolute atomic E-state index is 0.159. The Hall–Kier alpha value is -1.91. The van der Waals surface area contributed by atoms with E-state index in [0.717, 1.165) is 54.3 Å². The van der Waals surface area contributed by atoms with Crippen molar-refractivity contribution in [3.63, 3.8) is 0 Å². The number of carbonyl (C=O) groups is 1. The molecule has 3 rings (SSSR count). The molecule has 2 heterocycles. The number of hydrogen-bond donors (Lipinski definition) is 0. The van der Waals surface area contributed by atoms with E-state index < -0.39 is 0 Å². The minimum atomic E-state index is 0.159. The first kappa shape index (κ1) is 19.8. The number of benzene rings is 1. The molecule has 4 nitrogen and oxygen atoms in total. The average molecular weight is 386 g/mol. The molecule has 1 aliphatic rings. The van der Waals surface area contributed by atoms with Gasteiger partial charge in [0.05, 0.1) is 6.54 Å². The van der Waals surface area contributed by atoms with Crippen LogP contribution < -0.4 is 0 Å². The van der Waals surface area contributed by atoms with Gasteiger partial charge in [-0.1, -0.05) is 29.8 Å². The zero-order valence-corrected chi connectivity index (χ0v) is 17.2. The summed E-state index contributed by atoms with van der Waals surface area (Å²) in [7, 11) is 3.62. The highest BCUT2D eigenvalue weighted by Gasteiger charge is 2.24. The maximum Gasteiger partial charge on any atom is 0.236 e. The number of halogens is 1. The predicted octanol–water partition coefficient (Wildman–Crippen LogP) is 3.90. The predicted molar refractivity (Wildman–Crippen MR) is 110 cm³/mol. The Kier molecular flexibility index (Phi) is 6.51. The first-order valence-electron chi connectivity index (χ1n) is 9.55. The SMILES string of the molecule is Cc1cc(Cc2ccccc2Cl)cc([C@@H]2CCCN(CC(=O)N(C)C)C2)n1. The van der Waals surface area contributed by atoms with E-state index in [1.807, 2.05) is 32.3 Å². The summed E-state index contributed by atoms with van der Waals surface area (Å²) in [6.07, 6.45) is 3.03. The fraction of sp³-hybridized carbons (Fsp3) is 0.455. The van der Waals surface area contributed by atoms with Gasteiger partial charge >= 0.3 is 0 Å². The number of aryl methyl sites for hydroxylation is 1. The van der Waals surface area contributed by atoms with E-state index in [-0.39, 0.29) is 5.91 Å². The molecule has 0 N–H and O–H groups in total. The molecule has 1 amide bonds. The molecule has 1 fully saturated rings. The van der Waals surface area contributed by atoms with E-state index in [1.165, 1.54) is 5.56 Å². The highest BCUT2D eigenvalue weighted by atomic mass is 35.5. The van der Waals surface area contributed by atoms with Crippen molar-refractivity contribution in [3.05, 3.63) is 63.9 Å². The molecule has 1 aromatic heterocycles. The van der Waals surface area contributed by atoms with Gasteiger partial charge in [-0.15, -0.1) is 0 Å². The Morgan fingerprint density at radius 2 is 2.07 bits per heavy atom. The van der Waals surface area contributed by atoms with Crippen LogP contribution in [0, 0.1) is 6.92 Å². The number of nitrogens with zero attached hydrogens (tertiary/aromatic N) is 3. The smallest absolute Gasteiger partial charge is 0.236 e. The molecule has 0 unspecified atom stereocenters. The minimum Gasteiger partial charge on any atom is -0.348 e. The van der Waals surface area contributed by atoms with Gasteiger partial charge in [0.15, 0.2) is 0 Å². The maximum atomic E-state index is 12.1. The van der Waals surface area contributed by atoms with Crippen molar-refractivity contribution in [1.29, 1.82) is 0 Å². The van der Waals surface area contributed by atoms with Gasteiger partial charge < -0.3 is 4.90 Å². The molecule has 144 valence electrons. The lowest BCUT2D eigenvalue weighted by Gasteiger charge is -2.32. The maximum absolute atomic E-state index is 12.1. The van der Waals surface area contributed by atoms with Gasteiger partial charge in [-0.05, 0) is 62.1 Å². The molecule has 1 aliphatic heterocycles.